The quantitative estimate of drug-likeness (QED) is 0.773. The molecule has 5 nitrogen and oxygen atoms in total. The van der Waals surface area contributed by atoms with Crippen molar-refractivity contribution in [3.63, 3.8) is 0 Å². The van der Waals surface area contributed by atoms with E-state index in [1.807, 2.05) is 6.07 Å². The van der Waals surface area contributed by atoms with Gasteiger partial charge in [0.05, 0.1) is 19.8 Å². The molecule has 2 aromatic rings. The molecule has 18 heavy (non-hydrogen) atoms. The molecule has 0 aliphatic heterocycles. The van der Waals surface area contributed by atoms with Gasteiger partial charge in [-0.3, -0.25) is 9.48 Å². The van der Waals surface area contributed by atoms with Crippen LogP contribution >= 0.6 is 0 Å². The molecule has 0 N–H and O–H groups in total. The first kappa shape index (κ1) is 12.2. The van der Waals surface area contributed by atoms with Crippen LogP contribution in [-0.4, -0.2) is 30.3 Å². The topological polar surface area (TPSA) is 53.4 Å². The van der Waals surface area contributed by atoms with Crippen molar-refractivity contribution < 1.29 is 14.3 Å². The van der Waals surface area contributed by atoms with Crippen molar-refractivity contribution in [2.45, 2.75) is 0 Å². The third kappa shape index (κ3) is 2.07. The number of benzene rings is 1. The lowest BCUT2D eigenvalue weighted by molar-refractivity contribution is 0.112. The average molecular weight is 246 g/mol. The molecule has 2 rings (SSSR count). The molecule has 1 aromatic carbocycles. The molecule has 0 aliphatic rings. The number of ether oxygens (including phenoxy) is 2. The summed E-state index contributed by atoms with van der Waals surface area (Å²) < 4.78 is 12.0. The Bertz CT molecular complexity index is 576. The van der Waals surface area contributed by atoms with Crippen LogP contribution in [0.15, 0.2) is 24.4 Å². The predicted molar refractivity (Wildman–Crippen MR) is 67.1 cm³/mol. The van der Waals surface area contributed by atoms with Crippen LogP contribution in [0.25, 0.3) is 11.3 Å². The second-order valence-corrected chi connectivity index (χ2v) is 3.79. The Hall–Kier alpha value is -2.30. The van der Waals surface area contributed by atoms with E-state index in [1.54, 1.807) is 44.3 Å². The Morgan fingerprint density at radius 3 is 2.56 bits per heavy atom. The molecule has 0 spiro atoms. The highest BCUT2D eigenvalue weighted by Gasteiger charge is 2.12. The van der Waals surface area contributed by atoms with Gasteiger partial charge in [0.1, 0.15) is 5.69 Å². The summed E-state index contributed by atoms with van der Waals surface area (Å²) in [4.78, 5) is 11.0. The van der Waals surface area contributed by atoms with Gasteiger partial charge in [0.2, 0.25) is 0 Å². The molecule has 0 aliphatic carbocycles. The molecule has 0 saturated carbocycles. The van der Waals surface area contributed by atoms with E-state index in [4.69, 9.17) is 9.47 Å². The standard InChI is InChI=1S/C13H14N2O3/c1-15-7-10(8-16)13(14-15)9-4-5-11(17-2)12(6-9)18-3/h4-8H,1-3H3. The summed E-state index contributed by atoms with van der Waals surface area (Å²) in [5.74, 6) is 1.25. The lowest BCUT2D eigenvalue weighted by Crippen LogP contribution is -1.92. The van der Waals surface area contributed by atoms with Crippen LogP contribution in [0.3, 0.4) is 0 Å². The highest BCUT2D eigenvalue weighted by Crippen LogP contribution is 2.32. The number of rotatable bonds is 4. The third-order valence-electron chi connectivity index (χ3n) is 2.64. The van der Waals surface area contributed by atoms with E-state index >= 15 is 0 Å². The second-order valence-electron chi connectivity index (χ2n) is 3.79. The van der Waals surface area contributed by atoms with Crippen LogP contribution in [0.1, 0.15) is 10.4 Å². The minimum Gasteiger partial charge on any atom is -0.493 e. The summed E-state index contributed by atoms with van der Waals surface area (Å²) in [7, 11) is 4.92. The number of hydrogen-bond donors (Lipinski definition) is 0. The first-order valence-electron chi connectivity index (χ1n) is 5.40. The van der Waals surface area contributed by atoms with Gasteiger partial charge in [-0.25, -0.2) is 0 Å². The average Bonchev–Trinajstić information content (AvgIpc) is 2.79. The first-order valence-corrected chi connectivity index (χ1v) is 5.40. The van der Waals surface area contributed by atoms with Crippen molar-refractivity contribution in [1.29, 1.82) is 0 Å². The van der Waals surface area contributed by atoms with E-state index in [0.717, 1.165) is 11.8 Å². The third-order valence-corrected chi connectivity index (χ3v) is 2.64. The number of carbonyl (C=O) groups excluding carboxylic acids is 1. The molecular weight excluding hydrogens is 232 g/mol. The number of aromatic nitrogens is 2. The summed E-state index contributed by atoms with van der Waals surface area (Å²) in [5.41, 5.74) is 1.99. The molecule has 0 amide bonds. The van der Waals surface area contributed by atoms with Crippen molar-refractivity contribution in [1.82, 2.24) is 9.78 Å². The molecule has 0 atom stereocenters. The van der Waals surface area contributed by atoms with E-state index < -0.39 is 0 Å². The molecule has 0 saturated heterocycles. The fraction of sp³-hybridized carbons (Fsp3) is 0.231. The monoisotopic (exact) mass is 246 g/mol. The fourth-order valence-corrected chi connectivity index (χ4v) is 1.80. The zero-order valence-electron chi connectivity index (χ0n) is 10.5. The van der Waals surface area contributed by atoms with E-state index in [9.17, 15) is 4.79 Å². The van der Waals surface area contributed by atoms with E-state index in [0.29, 0.717) is 22.8 Å². The number of carbonyl (C=O) groups is 1. The SMILES string of the molecule is COc1ccc(-c2nn(C)cc2C=O)cc1OC. The van der Waals surface area contributed by atoms with E-state index in [2.05, 4.69) is 5.10 Å². The normalized spacial score (nSPS) is 10.2. The Morgan fingerprint density at radius 2 is 1.94 bits per heavy atom. The maximum Gasteiger partial charge on any atom is 0.161 e. The van der Waals surface area contributed by atoms with Crippen molar-refractivity contribution in [3.8, 4) is 22.8 Å². The number of nitrogens with zero attached hydrogens (tertiary/aromatic N) is 2. The fourth-order valence-electron chi connectivity index (χ4n) is 1.80. The minimum atomic E-state index is 0.546. The van der Waals surface area contributed by atoms with Crippen LogP contribution in [-0.2, 0) is 7.05 Å². The Morgan fingerprint density at radius 1 is 1.22 bits per heavy atom. The zero-order chi connectivity index (χ0) is 13.1. The highest BCUT2D eigenvalue weighted by molar-refractivity contribution is 5.85. The summed E-state index contributed by atoms with van der Waals surface area (Å²) >= 11 is 0. The molecule has 1 aromatic heterocycles. The lowest BCUT2D eigenvalue weighted by Gasteiger charge is -2.08. The van der Waals surface area contributed by atoms with Gasteiger partial charge >= 0.3 is 0 Å². The van der Waals surface area contributed by atoms with Gasteiger partial charge in [0.25, 0.3) is 0 Å². The van der Waals surface area contributed by atoms with Crippen LogP contribution in [0, 0.1) is 0 Å². The lowest BCUT2D eigenvalue weighted by atomic mass is 10.1. The van der Waals surface area contributed by atoms with Gasteiger partial charge < -0.3 is 9.47 Å². The molecule has 1 heterocycles. The maximum atomic E-state index is 11.0. The van der Waals surface area contributed by atoms with E-state index in [1.165, 1.54) is 0 Å². The molecule has 0 fully saturated rings. The van der Waals surface area contributed by atoms with Gasteiger partial charge in [-0.05, 0) is 18.2 Å². The summed E-state index contributed by atoms with van der Waals surface area (Å²) in [6.07, 6.45) is 2.47. The number of aryl methyl sites for hydroxylation is 1. The van der Waals surface area contributed by atoms with Crippen LogP contribution in [0.2, 0.25) is 0 Å². The summed E-state index contributed by atoms with van der Waals surface area (Å²) in [6.45, 7) is 0. The van der Waals surface area contributed by atoms with Gasteiger partial charge in [0, 0.05) is 18.8 Å². The van der Waals surface area contributed by atoms with Crippen LogP contribution in [0.5, 0.6) is 11.5 Å². The van der Waals surface area contributed by atoms with Gasteiger partial charge in [-0.1, -0.05) is 0 Å². The second kappa shape index (κ2) is 4.91. The van der Waals surface area contributed by atoms with Crippen molar-refractivity contribution in [2.24, 2.45) is 7.05 Å². The molecule has 0 bridgehead atoms. The maximum absolute atomic E-state index is 11.0. The molecule has 94 valence electrons. The van der Waals surface area contributed by atoms with Gasteiger partial charge in [-0.15, -0.1) is 0 Å². The molecule has 0 unspecified atom stereocenters. The smallest absolute Gasteiger partial charge is 0.161 e. The largest absolute Gasteiger partial charge is 0.493 e. The van der Waals surface area contributed by atoms with Gasteiger partial charge in [0.15, 0.2) is 17.8 Å². The van der Waals surface area contributed by atoms with Crippen molar-refractivity contribution in [3.05, 3.63) is 30.0 Å². The van der Waals surface area contributed by atoms with Crippen LogP contribution < -0.4 is 9.47 Å². The number of hydrogen-bond acceptors (Lipinski definition) is 4. The molecular formula is C13H14N2O3. The Kier molecular flexibility index (Phi) is 3.32. The van der Waals surface area contributed by atoms with Crippen LogP contribution in [0.4, 0.5) is 0 Å². The Balaban J connectivity index is 2.53. The minimum absolute atomic E-state index is 0.546. The molecule has 0 radical (unpaired) electrons. The number of methoxy groups -OCH3 is 2. The van der Waals surface area contributed by atoms with Crippen molar-refractivity contribution in [2.75, 3.05) is 14.2 Å². The van der Waals surface area contributed by atoms with E-state index in [-0.39, 0.29) is 0 Å². The first-order chi connectivity index (χ1) is 8.69. The summed E-state index contributed by atoms with van der Waals surface area (Å²) in [5, 5.41) is 4.27. The Labute approximate surface area is 105 Å². The summed E-state index contributed by atoms with van der Waals surface area (Å²) in [6, 6.07) is 5.43. The number of aldehydes is 1. The zero-order valence-corrected chi connectivity index (χ0v) is 10.5. The van der Waals surface area contributed by atoms with Crippen molar-refractivity contribution >= 4 is 6.29 Å². The predicted octanol–water partition coefficient (Wildman–Crippen LogP) is 1.92. The van der Waals surface area contributed by atoms with Gasteiger partial charge in [-0.2, -0.15) is 5.10 Å². The highest BCUT2D eigenvalue weighted by atomic mass is 16.5. The molecule has 5 heteroatoms.